The van der Waals surface area contributed by atoms with Crippen LogP contribution in [0.2, 0.25) is 0 Å². The third-order valence-corrected chi connectivity index (χ3v) is 15.9. The number of phosphoric ester groups is 2. The van der Waals surface area contributed by atoms with E-state index < -0.39 is 97.5 Å². The Morgan fingerprint density at radius 3 is 0.850 bits per heavy atom. The van der Waals surface area contributed by atoms with Crippen LogP contribution in [0.15, 0.2) is 0 Å². The van der Waals surface area contributed by atoms with Crippen molar-refractivity contribution in [3.05, 3.63) is 0 Å². The molecule has 0 radical (unpaired) electrons. The predicted octanol–water partition coefficient (Wildman–Crippen LogP) is 16.6. The highest BCUT2D eigenvalue weighted by Gasteiger charge is 2.30. The van der Waals surface area contributed by atoms with Gasteiger partial charge in [-0.25, -0.2) is 9.13 Å². The molecule has 0 spiro atoms. The van der Waals surface area contributed by atoms with Crippen molar-refractivity contribution in [1.29, 1.82) is 0 Å². The van der Waals surface area contributed by atoms with Crippen LogP contribution >= 0.6 is 15.6 Å². The van der Waals surface area contributed by atoms with Crippen LogP contribution in [-0.4, -0.2) is 96.7 Å². The fourth-order valence-electron chi connectivity index (χ4n) is 9.05. The molecular formula is C61H118O17P2. The van der Waals surface area contributed by atoms with E-state index in [1.54, 1.807) is 0 Å². The first-order chi connectivity index (χ1) is 38.5. The first-order valence-electron chi connectivity index (χ1n) is 32.1. The lowest BCUT2D eigenvalue weighted by Crippen LogP contribution is -2.30. The predicted molar refractivity (Wildman–Crippen MR) is 317 cm³/mol. The Kier molecular flexibility index (Phi) is 53.6. The second kappa shape index (κ2) is 55.0. The van der Waals surface area contributed by atoms with Gasteiger partial charge in [0.15, 0.2) is 12.2 Å². The molecule has 19 heteroatoms. The summed E-state index contributed by atoms with van der Waals surface area (Å²) in [6, 6.07) is 0. The maximum absolute atomic E-state index is 13.0. The Morgan fingerprint density at radius 2 is 0.575 bits per heavy atom. The number of carbonyl (C=O) groups is 4. The van der Waals surface area contributed by atoms with E-state index in [-0.39, 0.29) is 25.7 Å². The number of unbranched alkanes of at least 4 members (excludes halogenated alkanes) is 33. The van der Waals surface area contributed by atoms with Crippen LogP contribution in [0, 0.1) is 5.92 Å². The average Bonchev–Trinajstić information content (AvgIpc) is 3.42. The van der Waals surface area contributed by atoms with Crippen molar-refractivity contribution in [3.8, 4) is 0 Å². The quantitative estimate of drug-likeness (QED) is 0.0222. The second-order valence-electron chi connectivity index (χ2n) is 22.6. The zero-order valence-electron chi connectivity index (χ0n) is 51.2. The highest BCUT2D eigenvalue weighted by molar-refractivity contribution is 7.47. The summed E-state index contributed by atoms with van der Waals surface area (Å²) in [4.78, 5) is 71.5. The summed E-state index contributed by atoms with van der Waals surface area (Å²) in [7, 11) is -9.86. The van der Waals surface area contributed by atoms with E-state index in [9.17, 15) is 43.2 Å². The second-order valence-corrected chi connectivity index (χ2v) is 25.5. The summed E-state index contributed by atoms with van der Waals surface area (Å²) in [5.74, 6) is -1.43. The molecule has 0 saturated carbocycles. The maximum atomic E-state index is 13.0. The zero-order valence-corrected chi connectivity index (χ0v) is 53.0. The molecule has 0 saturated heterocycles. The molecule has 0 aromatic carbocycles. The number of hydrogen-bond acceptors (Lipinski definition) is 15. The van der Waals surface area contributed by atoms with Gasteiger partial charge >= 0.3 is 39.5 Å². The van der Waals surface area contributed by atoms with Crippen LogP contribution in [-0.2, 0) is 65.4 Å². The van der Waals surface area contributed by atoms with Gasteiger partial charge in [-0.1, -0.05) is 253 Å². The number of aliphatic hydroxyl groups is 1. The molecular weight excluding hydrogens is 1070 g/mol. The number of carbonyl (C=O) groups excluding carboxylic acids is 4. The van der Waals surface area contributed by atoms with Gasteiger partial charge in [-0.3, -0.25) is 37.3 Å². The van der Waals surface area contributed by atoms with Gasteiger partial charge in [-0.15, -0.1) is 0 Å². The lowest BCUT2D eigenvalue weighted by Gasteiger charge is -2.21. The summed E-state index contributed by atoms with van der Waals surface area (Å²) < 4.78 is 67.4. The Bertz CT molecular complexity index is 1570. The number of esters is 4. The zero-order chi connectivity index (χ0) is 59.2. The molecule has 0 amide bonds. The molecule has 0 rings (SSSR count). The molecule has 0 aromatic rings. The molecule has 3 N–H and O–H groups in total. The number of ether oxygens (including phenoxy) is 4. The molecule has 0 bridgehead atoms. The van der Waals surface area contributed by atoms with Gasteiger partial charge in [0.05, 0.1) is 26.4 Å². The van der Waals surface area contributed by atoms with Crippen LogP contribution in [0.1, 0.15) is 304 Å². The van der Waals surface area contributed by atoms with E-state index in [1.807, 2.05) is 0 Å². The minimum atomic E-state index is -4.94. The number of phosphoric acid groups is 2. The smallest absolute Gasteiger partial charge is 0.462 e. The Balaban J connectivity index is 5.06. The SMILES string of the molecule is CCCCCCCCCCCCCCCCCCCCCC(=O)O[C@H](COC(=O)CCCCCCCCCCC(C)C)COP(=O)(O)OC[C@@H](O)COP(=O)(O)OC[C@@H](COC(=O)CCCCCCC)OC(=O)CCCCCCC. The maximum Gasteiger partial charge on any atom is 0.472 e. The van der Waals surface area contributed by atoms with Crippen LogP contribution in [0.5, 0.6) is 0 Å². The monoisotopic (exact) mass is 1180 g/mol. The Labute approximate surface area is 486 Å². The standard InChI is InChI=1S/C61H118O17P2/c1-6-9-12-15-16-17-18-19-20-21-22-23-24-25-26-27-32-37-42-47-61(66)78-57(51-72-59(64)45-40-36-31-29-28-30-35-38-43-54(4)5)53-76-80(69,70)74-49-55(62)48-73-79(67,68)75-52-56(77-60(65)46-41-34-14-11-8-3)50-71-58(63)44-39-33-13-10-7-2/h54-57,62H,6-53H2,1-5H3,(H,67,68)(H,69,70)/t55-,56+,57+/m0/s1. The van der Waals surface area contributed by atoms with Crippen LogP contribution in [0.3, 0.4) is 0 Å². The summed E-state index contributed by atoms with van der Waals surface area (Å²) in [5, 5.41) is 10.5. The van der Waals surface area contributed by atoms with Crippen molar-refractivity contribution in [1.82, 2.24) is 0 Å². The third-order valence-electron chi connectivity index (χ3n) is 14.0. The lowest BCUT2D eigenvalue weighted by molar-refractivity contribution is -0.161. The number of hydrogen-bond donors (Lipinski definition) is 3. The first-order valence-corrected chi connectivity index (χ1v) is 35.1. The molecule has 80 heavy (non-hydrogen) atoms. The van der Waals surface area contributed by atoms with Gasteiger partial charge in [-0.2, -0.15) is 0 Å². The molecule has 0 aliphatic rings. The minimum absolute atomic E-state index is 0.0988. The largest absolute Gasteiger partial charge is 0.472 e. The normalized spacial score (nSPS) is 14.3. The first kappa shape index (κ1) is 78.1. The van der Waals surface area contributed by atoms with E-state index in [1.165, 1.54) is 122 Å². The fraction of sp³-hybridized carbons (Fsp3) is 0.934. The highest BCUT2D eigenvalue weighted by Crippen LogP contribution is 2.45. The fourth-order valence-corrected chi connectivity index (χ4v) is 10.6. The van der Waals surface area contributed by atoms with Crippen molar-refractivity contribution in [2.45, 2.75) is 323 Å². The van der Waals surface area contributed by atoms with Gasteiger partial charge in [0.1, 0.15) is 19.3 Å². The van der Waals surface area contributed by atoms with Crippen LogP contribution in [0.25, 0.3) is 0 Å². The summed E-state index contributed by atoms with van der Waals surface area (Å²) >= 11 is 0. The summed E-state index contributed by atoms with van der Waals surface area (Å²) in [6.07, 6.45) is 38.6. The molecule has 0 fully saturated rings. The van der Waals surface area contributed by atoms with E-state index in [0.29, 0.717) is 25.7 Å². The summed E-state index contributed by atoms with van der Waals surface area (Å²) in [5.41, 5.74) is 0. The van der Waals surface area contributed by atoms with E-state index >= 15 is 0 Å². The molecule has 2 unspecified atom stereocenters. The van der Waals surface area contributed by atoms with Gasteiger partial charge < -0.3 is 33.8 Å². The van der Waals surface area contributed by atoms with Crippen LogP contribution < -0.4 is 0 Å². The van der Waals surface area contributed by atoms with Crippen molar-refractivity contribution < 1.29 is 80.2 Å². The number of rotatable bonds is 61. The van der Waals surface area contributed by atoms with Crippen LogP contribution in [0.4, 0.5) is 0 Å². The molecule has 474 valence electrons. The Morgan fingerprint density at radius 1 is 0.338 bits per heavy atom. The molecule has 0 heterocycles. The number of aliphatic hydroxyl groups excluding tert-OH is 1. The summed E-state index contributed by atoms with van der Waals surface area (Å²) in [6.45, 7) is 6.95. The van der Waals surface area contributed by atoms with Gasteiger partial charge in [0.2, 0.25) is 0 Å². The van der Waals surface area contributed by atoms with Crippen molar-refractivity contribution in [2.75, 3.05) is 39.6 Å². The molecule has 0 aliphatic heterocycles. The molecule has 17 nitrogen and oxygen atoms in total. The van der Waals surface area contributed by atoms with Gasteiger partial charge in [0, 0.05) is 25.7 Å². The van der Waals surface area contributed by atoms with Crippen molar-refractivity contribution >= 4 is 39.5 Å². The molecule has 0 aliphatic carbocycles. The van der Waals surface area contributed by atoms with E-state index in [2.05, 4.69) is 34.6 Å². The average molecular weight is 1190 g/mol. The highest BCUT2D eigenvalue weighted by atomic mass is 31.2. The molecule has 5 atom stereocenters. The minimum Gasteiger partial charge on any atom is -0.462 e. The van der Waals surface area contributed by atoms with E-state index in [0.717, 1.165) is 102 Å². The van der Waals surface area contributed by atoms with E-state index in [4.69, 9.17) is 37.0 Å². The van der Waals surface area contributed by atoms with Gasteiger partial charge in [0.25, 0.3) is 0 Å². The topological polar surface area (TPSA) is 237 Å². The van der Waals surface area contributed by atoms with Crippen molar-refractivity contribution in [3.63, 3.8) is 0 Å². The lowest BCUT2D eigenvalue weighted by atomic mass is 10.0. The van der Waals surface area contributed by atoms with Gasteiger partial charge in [-0.05, 0) is 31.6 Å². The molecule has 0 aromatic heterocycles. The Hall–Kier alpha value is -1.94. The third kappa shape index (κ3) is 55.3. The van der Waals surface area contributed by atoms with Crippen molar-refractivity contribution in [2.24, 2.45) is 5.92 Å².